The van der Waals surface area contributed by atoms with Crippen LogP contribution >= 0.6 is 24.0 Å². The highest BCUT2D eigenvalue weighted by Gasteiger charge is 2.33. The molecule has 138 valence electrons. The molecule has 0 spiro atoms. The quantitative estimate of drug-likeness (QED) is 0.351. The zero-order valence-corrected chi connectivity index (χ0v) is 15.7. The predicted molar refractivity (Wildman–Crippen MR) is 106 cm³/mol. The minimum Gasteiger partial charge on any atom is -0.480 e. The van der Waals surface area contributed by atoms with E-state index in [4.69, 9.17) is 22.1 Å². The second-order valence-electron chi connectivity index (χ2n) is 5.76. The number of ether oxygens (including phenoxy) is 1. The molecule has 3 rings (SSSR count). The molecule has 0 radical (unpaired) electrons. The van der Waals surface area contributed by atoms with Crippen molar-refractivity contribution in [2.45, 2.75) is 12.8 Å². The monoisotopic (exact) mass is 401 g/mol. The highest BCUT2D eigenvalue weighted by atomic mass is 32.2. The number of carbonyl (C=O) groups excluding carboxylic acids is 2. The van der Waals surface area contributed by atoms with E-state index in [0.717, 1.165) is 29.5 Å². The van der Waals surface area contributed by atoms with Gasteiger partial charge in [0.2, 0.25) is 0 Å². The third kappa shape index (κ3) is 4.72. The third-order valence-electron chi connectivity index (χ3n) is 3.79. The van der Waals surface area contributed by atoms with Gasteiger partial charge in [-0.2, -0.15) is 0 Å². The number of hydrogen-bond acceptors (Lipinski definition) is 6. The van der Waals surface area contributed by atoms with Crippen molar-refractivity contribution in [3.8, 4) is 5.75 Å². The second kappa shape index (κ2) is 8.32. The van der Waals surface area contributed by atoms with E-state index in [-0.39, 0.29) is 4.32 Å². The van der Waals surface area contributed by atoms with Crippen LogP contribution in [-0.4, -0.2) is 38.7 Å². The molecule has 0 unspecified atom stereocenters. The molecule has 27 heavy (non-hydrogen) atoms. The maximum Gasteiger partial charge on any atom is 0.343 e. The van der Waals surface area contributed by atoms with Crippen molar-refractivity contribution in [1.82, 2.24) is 4.90 Å². The Labute approximate surface area is 165 Å². The van der Waals surface area contributed by atoms with Crippen molar-refractivity contribution in [3.05, 3.63) is 58.5 Å². The van der Waals surface area contributed by atoms with E-state index in [1.807, 2.05) is 12.2 Å². The summed E-state index contributed by atoms with van der Waals surface area (Å²) in [6.07, 6.45) is 8.89. The van der Waals surface area contributed by atoms with Gasteiger partial charge >= 0.3 is 11.9 Å². The molecule has 1 amide bonds. The first-order valence-electron chi connectivity index (χ1n) is 8.10. The molecule has 1 aliphatic carbocycles. The lowest BCUT2D eigenvalue weighted by molar-refractivity contribution is -0.140. The van der Waals surface area contributed by atoms with Crippen molar-refractivity contribution < 1.29 is 24.2 Å². The van der Waals surface area contributed by atoms with Gasteiger partial charge in [0.05, 0.1) is 10.5 Å². The molecule has 2 aliphatic rings. The minimum absolute atomic E-state index is 0.216. The Morgan fingerprint density at radius 2 is 2.00 bits per heavy atom. The number of esters is 1. The van der Waals surface area contributed by atoms with Crippen LogP contribution in [-0.2, 0) is 14.4 Å². The van der Waals surface area contributed by atoms with Crippen LogP contribution in [0.4, 0.5) is 0 Å². The number of thioether (sulfide) groups is 1. The van der Waals surface area contributed by atoms with Crippen LogP contribution in [0, 0.1) is 0 Å². The number of thiocarbonyl (C=S) groups is 1. The van der Waals surface area contributed by atoms with Gasteiger partial charge in [0.15, 0.2) is 0 Å². The molecule has 6 nitrogen and oxygen atoms in total. The molecule has 0 bridgehead atoms. The fraction of sp³-hybridized carbons (Fsp3) is 0.158. The first-order chi connectivity index (χ1) is 12.9. The molecule has 1 saturated heterocycles. The lowest BCUT2D eigenvalue weighted by Crippen LogP contribution is -2.33. The number of carboxylic acid groups (broad SMARTS) is 1. The van der Waals surface area contributed by atoms with Gasteiger partial charge in [-0.05, 0) is 36.6 Å². The van der Waals surface area contributed by atoms with Crippen LogP contribution in [0.15, 0.2) is 53.0 Å². The van der Waals surface area contributed by atoms with Crippen LogP contribution in [0.3, 0.4) is 0 Å². The number of allylic oxidation sites excluding steroid dienone is 2. The van der Waals surface area contributed by atoms with Gasteiger partial charge in [-0.25, -0.2) is 4.79 Å². The smallest absolute Gasteiger partial charge is 0.343 e. The lowest BCUT2D eigenvalue weighted by atomic mass is 10.1. The molecule has 0 saturated carbocycles. The van der Waals surface area contributed by atoms with Gasteiger partial charge in [0.1, 0.15) is 16.6 Å². The number of benzene rings is 1. The van der Waals surface area contributed by atoms with Crippen LogP contribution < -0.4 is 4.74 Å². The summed E-state index contributed by atoms with van der Waals surface area (Å²) in [6, 6.07) is 6.68. The molecule has 8 heteroatoms. The van der Waals surface area contributed by atoms with Crippen LogP contribution in [0.5, 0.6) is 5.75 Å². The van der Waals surface area contributed by atoms with Gasteiger partial charge in [0.25, 0.3) is 5.91 Å². The summed E-state index contributed by atoms with van der Waals surface area (Å²) in [5.41, 5.74) is 1.25. The van der Waals surface area contributed by atoms with E-state index < -0.39 is 24.4 Å². The number of carboxylic acids is 1. The van der Waals surface area contributed by atoms with Crippen LogP contribution in [0.1, 0.15) is 18.4 Å². The number of hydrogen-bond donors (Lipinski definition) is 1. The van der Waals surface area contributed by atoms with Gasteiger partial charge in [0, 0.05) is 0 Å². The van der Waals surface area contributed by atoms with Gasteiger partial charge in [-0.15, -0.1) is 0 Å². The maximum atomic E-state index is 12.2. The van der Waals surface area contributed by atoms with Crippen LogP contribution in [0.2, 0.25) is 0 Å². The predicted octanol–water partition coefficient (Wildman–Crippen LogP) is 3.15. The van der Waals surface area contributed by atoms with Crippen molar-refractivity contribution >= 4 is 52.2 Å². The molecule has 1 aromatic rings. The summed E-state index contributed by atoms with van der Waals surface area (Å²) in [5, 5.41) is 8.85. The zero-order valence-electron chi connectivity index (χ0n) is 14.1. The molecule has 1 aliphatic heterocycles. The molecular weight excluding hydrogens is 386 g/mol. The highest BCUT2D eigenvalue weighted by Crippen LogP contribution is 2.32. The Bertz CT molecular complexity index is 899. The first-order valence-corrected chi connectivity index (χ1v) is 9.32. The van der Waals surface area contributed by atoms with E-state index in [2.05, 4.69) is 0 Å². The maximum absolute atomic E-state index is 12.2. The van der Waals surface area contributed by atoms with E-state index in [0.29, 0.717) is 21.8 Å². The van der Waals surface area contributed by atoms with E-state index in [1.54, 1.807) is 36.4 Å². The molecule has 1 heterocycles. The van der Waals surface area contributed by atoms with Crippen molar-refractivity contribution in [3.63, 3.8) is 0 Å². The Morgan fingerprint density at radius 3 is 2.63 bits per heavy atom. The van der Waals surface area contributed by atoms with Crippen molar-refractivity contribution in [1.29, 1.82) is 0 Å². The average Bonchev–Trinajstić information content (AvgIpc) is 2.91. The molecule has 1 fully saturated rings. The first kappa shape index (κ1) is 19.1. The van der Waals surface area contributed by atoms with E-state index in [9.17, 15) is 14.4 Å². The lowest BCUT2D eigenvalue weighted by Gasteiger charge is -2.10. The fourth-order valence-electron chi connectivity index (χ4n) is 2.49. The summed E-state index contributed by atoms with van der Waals surface area (Å²) in [4.78, 5) is 36.5. The third-order valence-corrected chi connectivity index (χ3v) is 5.16. The van der Waals surface area contributed by atoms with Crippen molar-refractivity contribution in [2.24, 2.45) is 0 Å². The Morgan fingerprint density at radius 1 is 1.26 bits per heavy atom. The summed E-state index contributed by atoms with van der Waals surface area (Å²) in [7, 11) is 0. The number of amides is 1. The van der Waals surface area contributed by atoms with Crippen molar-refractivity contribution in [2.75, 3.05) is 6.54 Å². The number of nitrogens with zero attached hydrogens (tertiary/aromatic N) is 1. The zero-order chi connectivity index (χ0) is 19.4. The Hall–Kier alpha value is -2.71. The SMILES string of the molecule is O=C(O)CN1C(=O)/C(=C/c2ccc(OC(=O)C3=CCCC=C3)cc2)SC1=S. The summed E-state index contributed by atoms with van der Waals surface area (Å²) in [6.45, 7) is -0.457. The van der Waals surface area contributed by atoms with Gasteiger partial charge in [-0.1, -0.05) is 54.3 Å². The topological polar surface area (TPSA) is 83.9 Å². The summed E-state index contributed by atoms with van der Waals surface area (Å²) >= 11 is 6.11. The van der Waals surface area contributed by atoms with E-state index >= 15 is 0 Å². The second-order valence-corrected chi connectivity index (χ2v) is 7.44. The number of carbonyl (C=O) groups is 3. The van der Waals surface area contributed by atoms with Crippen LogP contribution in [0.25, 0.3) is 6.08 Å². The average molecular weight is 401 g/mol. The fourth-order valence-corrected chi connectivity index (χ4v) is 3.74. The van der Waals surface area contributed by atoms with Gasteiger partial charge < -0.3 is 9.84 Å². The Kier molecular flexibility index (Phi) is 5.88. The summed E-state index contributed by atoms with van der Waals surface area (Å²) in [5.74, 6) is -1.57. The molecule has 1 N–H and O–H groups in total. The molecule has 0 atom stereocenters. The molecular formula is C19H15NO5S2. The largest absolute Gasteiger partial charge is 0.480 e. The highest BCUT2D eigenvalue weighted by molar-refractivity contribution is 8.26. The summed E-state index contributed by atoms with van der Waals surface area (Å²) < 4.78 is 5.55. The number of aliphatic carboxylic acids is 1. The Balaban J connectivity index is 1.68. The van der Waals surface area contributed by atoms with Gasteiger partial charge in [-0.3, -0.25) is 14.5 Å². The minimum atomic E-state index is -1.12. The van der Waals surface area contributed by atoms with E-state index in [1.165, 1.54) is 0 Å². The normalized spacial score (nSPS) is 18.0. The number of rotatable bonds is 5. The molecule has 1 aromatic carbocycles. The standard InChI is InChI=1S/C19H15NO5S2/c21-16(22)11-20-17(23)15(27-19(20)26)10-12-6-8-14(9-7-12)25-18(24)13-4-2-1-3-5-13/h2,4-10H,1,3,11H2,(H,21,22)/b15-10-. The molecule has 0 aromatic heterocycles.